The summed E-state index contributed by atoms with van der Waals surface area (Å²) >= 11 is 4.96. The van der Waals surface area contributed by atoms with E-state index >= 15 is 0 Å². The zero-order valence-electron chi connectivity index (χ0n) is 11.9. The highest BCUT2D eigenvalue weighted by molar-refractivity contribution is 7.79. The number of para-hydroxylation sites is 1. The highest BCUT2D eigenvalue weighted by atomic mass is 32.1. The molecule has 0 bridgehead atoms. The third-order valence-electron chi connectivity index (χ3n) is 3.23. The van der Waals surface area contributed by atoms with Crippen LogP contribution in [0, 0.1) is 0 Å². The first kappa shape index (κ1) is 17.1. The van der Waals surface area contributed by atoms with Gasteiger partial charge in [0.1, 0.15) is 24.1 Å². The van der Waals surface area contributed by atoms with Crippen LogP contribution in [0.3, 0.4) is 0 Å². The van der Waals surface area contributed by atoms with Crippen LogP contribution in [0.15, 0.2) is 30.3 Å². The third-order valence-corrected chi connectivity index (χ3v) is 3.41. The molecule has 3 N–H and O–H groups in total. The molecule has 0 aliphatic carbocycles. The molecule has 7 nitrogen and oxygen atoms in total. The van der Waals surface area contributed by atoms with E-state index in [2.05, 4.69) is 0 Å². The van der Waals surface area contributed by atoms with Crippen molar-refractivity contribution >= 4 is 17.5 Å². The first-order valence-corrected chi connectivity index (χ1v) is 7.06. The van der Waals surface area contributed by atoms with Gasteiger partial charge in [0, 0.05) is 19.3 Å². The van der Waals surface area contributed by atoms with Crippen molar-refractivity contribution in [3.8, 4) is 5.75 Å². The van der Waals surface area contributed by atoms with E-state index in [4.69, 9.17) is 31.2 Å². The van der Waals surface area contributed by atoms with Crippen LogP contribution in [0.25, 0.3) is 0 Å². The second-order valence-corrected chi connectivity index (χ2v) is 5.02. The minimum atomic E-state index is -1.29. The van der Waals surface area contributed by atoms with E-state index in [9.17, 15) is 15.3 Å². The summed E-state index contributed by atoms with van der Waals surface area (Å²) in [5.41, 5.74) is 0. The van der Waals surface area contributed by atoms with Gasteiger partial charge in [0.05, 0.1) is 6.61 Å². The first-order chi connectivity index (χ1) is 10.6. The predicted octanol–water partition coefficient (Wildman–Crippen LogP) is -0.179. The molecule has 1 aliphatic rings. The van der Waals surface area contributed by atoms with Crippen LogP contribution >= 0.6 is 12.2 Å². The second-order valence-electron chi connectivity index (χ2n) is 4.69. The zero-order chi connectivity index (χ0) is 16.1. The van der Waals surface area contributed by atoms with E-state index in [1.165, 1.54) is 7.11 Å². The summed E-state index contributed by atoms with van der Waals surface area (Å²) in [6.07, 6.45) is -5.74. The fraction of sp³-hybridized carbons (Fsp3) is 0.500. The minimum absolute atomic E-state index is 0.261. The number of rotatable bonds is 4. The highest BCUT2D eigenvalue weighted by Crippen LogP contribution is 2.24. The molecule has 1 heterocycles. The largest absolute Gasteiger partial charge is 0.447 e. The molecule has 0 spiro atoms. The van der Waals surface area contributed by atoms with Crippen molar-refractivity contribution in [1.29, 1.82) is 0 Å². The Morgan fingerprint density at radius 2 is 1.91 bits per heavy atom. The summed E-state index contributed by atoms with van der Waals surface area (Å²) in [5.74, 6) is 0.463. The van der Waals surface area contributed by atoms with Crippen LogP contribution in [0.2, 0.25) is 0 Å². The number of aliphatic hydroxyl groups is 3. The van der Waals surface area contributed by atoms with Crippen LogP contribution in [0.5, 0.6) is 5.75 Å². The molecule has 0 saturated carbocycles. The SMILES string of the molecule is CO[C@H]1O[C@H](CO)[C@@H](O)[C@H](OC(=S)Oc2ccccc2)[C@@H]1O. The summed E-state index contributed by atoms with van der Waals surface area (Å²) in [7, 11) is 1.33. The molecule has 22 heavy (non-hydrogen) atoms. The number of thiocarbonyl (C=S) groups is 1. The molecule has 1 fully saturated rings. The van der Waals surface area contributed by atoms with Gasteiger partial charge in [0.2, 0.25) is 0 Å². The van der Waals surface area contributed by atoms with Gasteiger partial charge in [-0.25, -0.2) is 0 Å². The van der Waals surface area contributed by atoms with Crippen molar-refractivity contribution in [2.45, 2.75) is 30.7 Å². The van der Waals surface area contributed by atoms with E-state index in [0.717, 1.165) is 0 Å². The van der Waals surface area contributed by atoms with Gasteiger partial charge < -0.3 is 34.3 Å². The Bertz CT molecular complexity index is 467. The van der Waals surface area contributed by atoms with E-state index in [1.54, 1.807) is 24.3 Å². The molecule has 2 rings (SSSR count). The lowest BCUT2D eigenvalue weighted by molar-refractivity contribution is -0.292. The summed E-state index contributed by atoms with van der Waals surface area (Å²) in [5, 5.41) is 29.1. The number of hydrogen-bond acceptors (Lipinski definition) is 8. The Hall–Kier alpha value is -1.29. The lowest BCUT2D eigenvalue weighted by Gasteiger charge is -2.40. The molecule has 122 valence electrons. The van der Waals surface area contributed by atoms with Gasteiger partial charge in [-0.05, 0) is 12.1 Å². The van der Waals surface area contributed by atoms with Crippen molar-refractivity contribution in [3.63, 3.8) is 0 Å². The zero-order valence-corrected chi connectivity index (χ0v) is 12.7. The van der Waals surface area contributed by atoms with Gasteiger partial charge in [-0.15, -0.1) is 0 Å². The molecule has 1 saturated heterocycles. The smallest absolute Gasteiger partial charge is 0.358 e. The van der Waals surface area contributed by atoms with E-state index in [-0.39, 0.29) is 5.24 Å². The van der Waals surface area contributed by atoms with E-state index < -0.39 is 37.3 Å². The van der Waals surface area contributed by atoms with Crippen LogP contribution in [0.4, 0.5) is 0 Å². The topological polar surface area (TPSA) is 97.6 Å². The van der Waals surface area contributed by atoms with Gasteiger partial charge in [-0.2, -0.15) is 0 Å². The van der Waals surface area contributed by atoms with Crippen molar-refractivity contribution in [1.82, 2.24) is 0 Å². The van der Waals surface area contributed by atoms with Crippen LogP contribution in [0.1, 0.15) is 0 Å². The lowest BCUT2D eigenvalue weighted by atomic mass is 9.99. The molecule has 0 unspecified atom stereocenters. The van der Waals surface area contributed by atoms with Crippen molar-refractivity contribution < 1.29 is 34.3 Å². The first-order valence-electron chi connectivity index (χ1n) is 6.65. The molecule has 8 heteroatoms. The Balaban J connectivity index is 2.03. The summed E-state index contributed by atoms with van der Waals surface area (Å²) in [6.45, 7) is -0.458. The van der Waals surface area contributed by atoms with Gasteiger partial charge in [-0.3, -0.25) is 0 Å². The Morgan fingerprint density at radius 1 is 1.23 bits per heavy atom. The van der Waals surface area contributed by atoms with Gasteiger partial charge in [0.25, 0.3) is 0 Å². The van der Waals surface area contributed by atoms with Crippen LogP contribution in [-0.2, 0) is 14.2 Å². The predicted molar refractivity (Wildman–Crippen MR) is 79.3 cm³/mol. The lowest BCUT2D eigenvalue weighted by Crippen LogP contribution is -2.60. The van der Waals surface area contributed by atoms with E-state index in [0.29, 0.717) is 5.75 Å². The average molecular weight is 330 g/mol. The van der Waals surface area contributed by atoms with Crippen LogP contribution in [-0.4, -0.2) is 65.0 Å². The average Bonchev–Trinajstić information content (AvgIpc) is 2.53. The molecule has 1 aromatic rings. The second kappa shape index (κ2) is 7.82. The van der Waals surface area contributed by atoms with Crippen molar-refractivity contribution in [3.05, 3.63) is 30.3 Å². The summed E-state index contributed by atoms with van der Waals surface area (Å²) < 4.78 is 20.8. The number of benzene rings is 1. The highest BCUT2D eigenvalue weighted by Gasteiger charge is 2.46. The Kier molecular flexibility index (Phi) is 6.07. The maximum Gasteiger partial charge on any atom is 0.358 e. The molecule has 0 amide bonds. The summed E-state index contributed by atoms with van der Waals surface area (Å²) in [4.78, 5) is 0. The summed E-state index contributed by atoms with van der Waals surface area (Å²) in [6, 6.07) is 8.71. The van der Waals surface area contributed by atoms with Crippen molar-refractivity contribution in [2.24, 2.45) is 0 Å². The third kappa shape index (κ3) is 3.92. The fourth-order valence-electron chi connectivity index (χ4n) is 2.11. The van der Waals surface area contributed by atoms with E-state index in [1.807, 2.05) is 6.07 Å². The fourth-order valence-corrected chi connectivity index (χ4v) is 2.31. The maximum absolute atomic E-state index is 10.1. The van der Waals surface area contributed by atoms with Crippen LogP contribution < -0.4 is 4.74 Å². The quantitative estimate of drug-likeness (QED) is 0.654. The van der Waals surface area contributed by atoms with Gasteiger partial charge >= 0.3 is 5.24 Å². The maximum atomic E-state index is 10.1. The normalized spacial score (nSPS) is 31.5. The number of methoxy groups -OCH3 is 1. The monoisotopic (exact) mass is 330 g/mol. The number of aliphatic hydroxyl groups excluding tert-OH is 3. The Labute approximate surface area is 133 Å². The standard InChI is InChI=1S/C14H18O7S/c1-18-13-11(17)12(10(16)9(7-15)20-13)21-14(22)19-8-5-3-2-4-6-8/h2-6,9-13,15-17H,7H2,1H3/t9-,10-,11+,12+,13+/m1/s1. The molecule has 1 aliphatic heterocycles. The minimum Gasteiger partial charge on any atom is -0.447 e. The van der Waals surface area contributed by atoms with Crippen molar-refractivity contribution in [2.75, 3.05) is 13.7 Å². The van der Waals surface area contributed by atoms with Gasteiger partial charge in [0.15, 0.2) is 12.4 Å². The number of hydrogen-bond donors (Lipinski definition) is 3. The molecule has 5 atom stereocenters. The molecule has 0 aromatic heterocycles. The molecular weight excluding hydrogens is 312 g/mol. The number of ether oxygens (including phenoxy) is 4. The molecule has 1 aromatic carbocycles. The molecule has 0 radical (unpaired) electrons. The van der Waals surface area contributed by atoms with Gasteiger partial charge in [-0.1, -0.05) is 18.2 Å². The Morgan fingerprint density at radius 3 is 2.50 bits per heavy atom. The molecular formula is C14H18O7S.